The van der Waals surface area contributed by atoms with Gasteiger partial charge in [0.15, 0.2) is 0 Å². The van der Waals surface area contributed by atoms with E-state index in [9.17, 15) is 39.0 Å². The first-order chi connectivity index (χ1) is 15.2. The van der Waals surface area contributed by atoms with Gasteiger partial charge < -0.3 is 42.7 Å². The molecule has 0 saturated carbocycles. The highest BCUT2D eigenvalue weighted by Crippen LogP contribution is 2.07. The number of nitrogens with one attached hydrogen (secondary N) is 3. The largest absolute Gasteiger partial charge is 0.481 e. The number of carbonyl (C=O) groups is 6. The van der Waals surface area contributed by atoms with Crippen LogP contribution in [0.25, 0.3) is 0 Å². The van der Waals surface area contributed by atoms with Gasteiger partial charge in [-0.15, -0.1) is 0 Å². The molecule has 0 heterocycles. The predicted octanol–water partition coefficient (Wildman–Crippen LogP) is -2.98. The van der Waals surface area contributed by atoms with Gasteiger partial charge in [-0.1, -0.05) is 20.3 Å². The molecule has 4 amide bonds. The fourth-order valence-electron chi connectivity index (χ4n) is 2.63. The van der Waals surface area contributed by atoms with E-state index in [0.29, 0.717) is 6.42 Å². The number of carbonyl (C=O) groups excluding carboxylic acids is 4. The summed E-state index contributed by atoms with van der Waals surface area (Å²) in [4.78, 5) is 70.8. The minimum absolute atomic E-state index is 0.261. The normalized spacial score (nSPS) is 16.3. The van der Waals surface area contributed by atoms with Crippen molar-refractivity contribution in [2.75, 3.05) is 0 Å². The average Bonchev–Trinajstić information content (AvgIpc) is 2.71. The fourth-order valence-corrected chi connectivity index (χ4v) is 2.63. The summed E-state index contributed by atoms with van der Waals surface area (Å²) in [5, 5.41) is 34.6. The minimum Gasteiger partial charge on any atom is -0.481 e. The third kappa shape index (κ3) is 10.7. The maximum absolute atomic E-state index is 12.6. The second-order valence-corrected chi connectivity index (χ2v) is 7.70. The second-order valence-electron chi connectivity index (χ2n) is 7.70. The third-order valence-electron chi connectivity index (χ3n) is 4.93. The Morgan fingerprint density at radius 2 is 1.42 bits per heavy atom. The van der Waals surface area contributed by atoms with E-state index in [4.69, 9.17) is 16.6 Å². The van der Waals surface area contributed by atoms with E-state index in [2.05, 4.69) is 16.0 Å². The van der Waals surface area contributed by atoms with E-state index in [-0.39, 0.29) is 18.8 Å². The lowest BCUT2D eigenvalue weighted by atomic mass is 9.99. The van der Waals surface area contributed by atoms with Gasteiger partial charge in [-0.05, 0) is 19.3 Å². The van der Waals surface area contributed by atoms with E-state index in [1.54, 1.807) is 13.8 Å². The van der Waals surface area contributed by atoms with E-state index < -0.39 is 72.3 Å². The van der Waals surface area contributed by atoms with Crippen LogP contribution in [0.1, 0.15) is 46.5 Å². The lowest BCUT2D eigenvalue weighted by molar-refractivity contribution is -0.144. The summed E-state index contributed by atoms with van der Waals surface area (Å²) in [5.41, 5.74) is 10.8. The van der Waals surface area contributed by atoms with E-state index in [1.165, 1.54) is 0 Å². The number of primary amides is 1. The molecule has 0 aliphatic carbocycles. The first-order valence-electron chi connectivity index (χ1n) is 10.3. The standard InChI is InChI=1S/C19H33N5O9/c1-4-8(2)14(21)17(30)23-11(7-13(27)28)16(29)24-15(9(3)25)18(31)22-10(19(32)33)5-6-12(20)26/h8-11,14-15,25H,4-7,21H2,1-3H3,(H2,20,26)(H,22,31)(H,23,30)(H,24,29)(H,27,28)(H,32,33). The van der Waals surface area contributed by atoms with Crippen molar-refractivity contribution in [3.63, 3.8) is 0 Å². The van der Waals surface area contributed by atoms with Gasteiger partial charge in [-0.3, -0.25) is 24.0 Å². The van der Waals surface area contributed by atoms with Crippen LogP contribution in [-0.2, 0) is 28.8 Å². The van der Waals surface area contributed by atoms with Crippen LogP contribution in [0.5, 0.6) is 0 Å². The Morgan fingerprint density at radius 3 is 1.85 bits per heavy atom. The summed E-state index contributed by atoms with van der Waals surface area (Å²) in [5.74, 6) is -6.94. The molecule has 0 rings (SSSR count). The monoisotopic (exact) mass is 475 g/mol. The van der Waals surface area contributed by atoms with Gasteiger partial charge >= 0.3 is 11.9 Å². The Labute approximate surface area is 190 Å². The van der Waals surface area contributed by atoms with Gasteiger partial charge in [0.25, 0.3) is 0 Å². The molecule has 0 bridgehead atoms. The Balaban J connectivity index is 5.48. The lowest BCUT2D eigenvalue weighted by Gasteiger charge is -2.26. The SMILES string of the molecule is CCC(C)C(N)C(=O)NC(CC(=O)O)C(=O)NC(C(=O)NC(CCC(N)=O)C(=O)O)C(C)O. The van der Waals surface area contributed by atoms with Crippen LogP contribution in [0.15, 0.2) is 0 Å². The molecule has 0 aromatic carbocycles. The Bertz CT molecular complexity index is 743. The topological polar surface area (TPSA) is 251 Å². The molecule has 188 valence electrons. The Kier molecular flexibility index (Phi) is 12.6. The molecule has 14 heteroatoms. The molecule has 0 aromatic heterocycles. The molecule has 0 radical (unpaired) electrons. The maximum atomic E-state index is 12.6. The zero-order valence-corrected chi connectivity index (χ0v) is 18.7. The van der Waals surface area contributed by atoms with Crippen LogP contribution >= 0.6 is 0 Å². The van der Waals surface area contributed by atoms with Gasteiger partial charge in [0.05, 0.1) is 18.6 Å². The van der Waals surface area contributed by atoms with E-state index in [0.717, 1.165) is 6.92 Å². The summed E-state index contributed by atoms with van der Waals surface area (Å²) in [6.07, 6.45) is -2.48. The highest BCUT2D eigenvalue weighted by Gasteiger charge is 2.34. The number of nitrogens with two attached hydrogens (primary N) is 2. The van der Waals surface area contributed by atoms with Crippen molar-refractivity contribution >= 4 is 35.6 Å². The minimum atomic E-state index is -1.69. The molecule has 33 heavy (non-hydrogen) atoms. The zero-order chi connectivity index (χ0) is 25.9. The molecule has 0 fully saturated rings. The molecule has 10 N–H and O–H groups in total. The summed E-state index contributed by atoms with van der Waals surface area (Å²) in [6, 6.07) is -5.86. The van der Waals surface area contributed by atoms with Gasteiger partial charge in [0, 0.05) is 6.42 Å². The zero-order valence-electron chi connectivity index (χ0n) is 18.7. The van der Waals surface area contributed by atoms with E-state index in [1.807, 2.05) is 0 Å². The average molecular weight is 475 g/mol. The highest BCUT2D eigenvalue weighted by molar-refractivity contribution is 5.96. The molecule has 0 saturated heterocycles. The van der Waals surface area contributed by atoms with Crippen molar-refractivity contribution in [2.45, 2.75) is 76.7 Å². The van der Waals surface area contributed by atoms with Gasteiger partial charge in [-0.25, -0.2) is 4.79 Å². The maximum Gasteiger partial charge on any atom is 0.326 e. The number of aliphatic hydroxyl groups excluding tert-OH is 1. The number of amides is 4. The molecule has 6 atom stereocenters. The van der Waals surface area contributed by atoms with Crippen molar-refractivity contribution in [3.05, 3.63) is 0 Å². The molecule has 0 aromatic rings. The third-order valence-corrected chi connectivity index (χ3v) is 4.93. The van der Waals surface area contributed by atoms with Gasteiger partial charge in [0.2, 0.25) is 23.6 Å². The summed E-state index contributed by atoms with van der Waals surface area (Å²) in [6.45, 7) is 4.62. The van der Waals surface area contributed by atoms with Crippen LogP contribution in [-0.4, -0.2) is 81.2 Å². The molecule has 6 unspecified atom stereocenters. The molecule has 0 spiro atoms. The number of carboxylic acid groups (broad SMARTS) is 2. The number of carboxylic acids is 2. The molecular formula is C19H33N5O9. The molecule has 14 nitrogen and oxygen atoms in total. The van der Waals surface area contributed by atoms with Gasteiger partial charge in [0.1, 0.15) is 18.1 Å². The van der Waals surface area contributed by atoms with Crippen molar-refractivity contribution in [3.8, 4) is 0 Å². The molecular weight excluding hydrogens is 442 g/mol. The van der Waals surface area contributed by atoms with Crippen LogP contribution < -0.4 is 27.4 Å². The van der Waals surface area contributed by atoms with Gasteiger partial charge in [-0.2, -0.15) is 0 Å². The smallest absolute Gasteiger partial charge is 0.326 e. The highest BCUT2D eigenvalue weighted by atomic mass is 16.4. The van der Waals surface area contributed by atoms with Crippen molar-refractivity contribution < 1.29 is 44.1 Å². The van der Waals surface area contributed by atoms with Crippen LogP contribution in [0.4, 0.5) is 0 Å². The quantitative estimate of drug-likeness (QED) is 0.119. The number of hydrogen-bond acceptors (Lipinski definition) is 8. The predicted molar refractivity (Wildman–Crippen MR) is 113 cm³/mol. The second kappa shape index (κ2) is 14.0. The summed E-state index contributed by atoms with van der Waals surface area (Å²) >= 11 is 0. The number of aliphatic carboxylic acids is 2. The number of rotatable bonds is 15. The van der Waals surface area contributed by atoms with E-state index >= 15 is 0 Å². The number of aliphatic hydroxyl groups is 1. The molecule has 0 aliphatic heterocycles. The first kappa shape index (κ1) is 29.7. The molecule has 0 aliphatic rings. The van der Waals surface area contributed by atoms with Crippen molar-refractivity contribution in [1.82, 2.24) is 16.0 Å². The van der Waals surface area contributed by atoms with Crippen molar-refractivity contribution in [1.29, 1.82) is 0 Å². The summed E-state index contributed by atoms with van der Waals surface area (Å²) in [7, 11) is 0. The van der Waals surface area contributed by atoms with Crippen LogP contribution in [0.3, 0.4) is 0 Å². The van der Waals surface area contributed by atoms with Crippen LogP contribution in [0.2, 0.25) is 0 Å². The van der Waals surface area contributed by atoms with Crippen LogP contribution in [0, 0.1) is 5.92 Å². The number of hydrogen-bond donors (Lipinski definition) is 8. The fraction of sp³-hybridized carbons (Fsp3) is 0.684. The first-order valence-corrected chi connectivity index (χ1v) is 10.3. The lowest BCUT2D eigenvalue weighted by Crippen LogP contribution is -2.60. The summed E-state index contributed by atoms with van der Waals surface area (Å²) < 4.78 is 0. The van der Waals surface area contributed by atoms with Crippen molar-refractivity contribution in [2.24, 2.45) is 17.4 Å². The Hall–Kier alpha value is -3.26. The Morgan fingerprint density at radius 1 is 0.879 bits per heavy atom.